The number of halogens is 3. The minimum Gasteiger partial charge on any atom is -0.465 e. The van der Waals surface area contributed by atoms with E-state index in [-0.39, 0.29) is 59.2 Å². The van der Waals surface area contributed by atoms with Crippen molar-refractivity contribution in [2.75, 3.05) is 42.7 Å². The number of aromatic nitrogens is 2. The van der Waals surface area contributed by atoms with E-state index in [1.807, 2.05) is 0 Å². The second-order valence-corrected chi connectivity index (χ2v) is 7.39. The molecule has 4 N–H and O–H groups in total. The third-order valence-electron chi connectivity index (χ3n) is 4.45. The van der Waals surface area contributed by atoms with Gasteiger partial charge in [0.1, 0.15) is 28.2 Å². The molecule has 160 valence electrons. The Morgan fingerprint density at radius 1 is 1.20 bits per heavy atom. The number of amides is 2. The van der Waals surface area contributed by atoms with E-state index < -0.39 is 23.6 Å². The molecule has 0 unspecified atom stereocenters. The van der Waals surface area contributed by atoms with E-state index in [1.54, 1.807) is 11.2 Å². The lowest BCUT2D eigenvalue weighted by Crippen LogP contribution is -2.48. The minimum atomic E-state index is -1.06. The Kier molecular flexibility index (Phi) is 6.46. The Morgan fingerprint density at radius 3 is 2.43 bits per heavy atom. The van der Waals surface area contributed by atoms with Crippen LogP contribution in [-0.4, -0.2) is 64.4 Å². The zero-order chi connectivity index (χ0) is 22.0. The van der Waals surface area contributed by atoms with Crippen LogP contribution in [0.2, 0.25) is 5.15 Å². The number of carboxylic acid groups (broad SMARTS) is 1. The first-order valence-corrected chi connectivity index (χ1v) is 10.2. The van der Waals surface area contributed by atoms with E-state index in [0.717, 1.165) is 23.9 Å². The van der Waals surface area contributed by atoms with Crippen LogP contribution >= 0.6 is 23.4 Å². The van der Waals surface area contributed by atoms with E-state index in [0.29, 0.717) is 0 Å². The Morgan fingerprint density at radius 2 is 1.87 bits per heavy atom. The number of carbonyl (C=O) groups is 2. The predicted molar refractivity (Wildman–Crippen MR) is 109 cm³/mol. The van der Waals surface area contributed by atoms with Crippen LogP contribution in [0.1, 0.15) is 10.4 Å². The van der Waals surface area contributed by atoms with Gasteiger partial charge < -0.3 is 26.0 Å². The summed E-state index contributed by atoms with van der Waals surface area (Å²) in [5.74, 6) is -2.60. The fourth-order valence-electron chi connectivity index (χ4n) is 2.95. The maximum atomic E-state index is 14.7. The van der Waals surface area contributed by atoms with Crippen LogP contribution < -0.4 is 16.0 Å². The van der Waals surface area contributed by atoms with Gasteiger partial charge in [0.05, 0.1) is 11.4 Å². The number of hydrogen-bond donors (Lipinski definition) is 3. The van der Waals surface area contributed by atoms with Gasteiger partial charge in [0.15, 0.2) is 5.16 Å². The van der Waals surface area contributed by atoms with Crippen molar-refractivity contribution in [3.8, 4) is 0 Å². The number of hydrogen-bond acceptors (Lipinski definition) is 7. The van der Waals surface area contributed by atoms with Gasteiger partial charge in [0.25, 0.3) is 5.91 Å². The van der Waals surface area contributed by atoms with Gasteiger partial charge in [-0.1, -0.05) is 23.4 Å². The van der Waals surface area contributed by atoms with Gasteiger partial charge >= 0.3 is 6.09 Å². The molecule has 0 atom stereocenters. The molecule has 1 saturated heterocycles. The lowest BCUT2D eigenvalue weighted by Gasteiger charge is -2.34. The van der Waals surface area contributed by atoms with Crippen LogP contribution in [0.15, 0.2) is 17.3 Å². The zero-order valence-electron chi connectivity index (χ0n) is 15.7. The lowest BCUT2D eigenvalue weighted by atomic mass is 10.2. The summed E-state index contributed by atoms with van der Waals surface area (Å²) in [7, 11) is 0. The van der Waals surface area contributed by atoms with Crippen molar-refractivity contribution in [2.45, 2.75) is 5.16 Å². The van der Waals surface area contributed by atoms with Gasteiger partial charge in [-0.3, -0.25) is 4.79 Å². The lowest BCUT2D eigenvalue weighted by molar-refractivity contribution is 0.1000. The molecule has 0 radical (unpaired) electrons. The highest BCUT2D eigenvalue weighted by Gasteiger charge is 2.24. The summed E-state index contributed by atoms with van der Waals surface area (Å²) in [6, 6.07) is 1.92. The Bertz CT molecular complexity index is 1000. The number of thioether (sulfide) groups is 1. The van der Waals surface area contributed by atoms with Crippen LogP contribution in [0.5, 0.6) is 0 Å². The number of anilines is 3. The highest BCUT2D eigenvalue weighted by Crippen LogP contribution is 2.31. The van der Waals surface area contributed by atoms with Crippen molar-refractivity contribution < 1.29 is 23.5 Å². The van der Waals surface area contributed by atoms with E-state index in [9.17, 15) is 18.4 Å². The normalized spacial score (nSPS) is 14.0. The Hall–Kier alpha value is -2.86. The van der Waals surface area contributed by atoms with E-state index in [1.165, 1.54) is 4.90 Å². The van der Waals surface area contributed by atoms with Gasteiger partial charge in [0.2, 0.25) is 0 Å². The molecule has 13 heteroatoms. The third kappa shape index (κ3) is 4.49. The van der Waals surface area contributed by atoms with Crippen molar-refractivity contribution in [3.05, 3.63) is 34.5 Å². The number of benzene rings is 1. The highest BCUT2D eigenvalue weighted by molar-refractivity contribution is 7.98. The summed E-state index contributed by atoms with van der Waals surface area (Å²) in [5.41, 5.74) is 4.80. The average molecular weight is 459 g/mol. The molecule has 2 amide bonds. The molecular formula is C17H17ClF2N6O3S. The summed E-state index contributed by atoms with van der Waals surface area (Å²) < 4.78 is 29.5. The molecule has 0 bridgehead atoms. The SMILES string of the molecule is CSc1nc(Cl)c(C(N)=O)c(Nc2cc(F)c(N3CCN(C(=O)O)CC3)cc2F)n1. The average Bonchev–Trinajstić information content (AvgIpc) is 2.69. The monoisotopic (exact) mass is 458 g/mol. The summed E-state index contributed by atoms with van der Waals surface area (Å²) in [5, 5.41) is 11.6. The molecule has 9 nitrogen and oxygen atoms in total. The molecule has 1 aromatic heterocycles. The molecule has 2 aromatic rings. The van der Waals surface area contributed by atoms with Crippen LogP contribution in [0.25, 0.3) is 0 Å². The number of piperazine rings is 1. The number of rotatable bonds is 5. The second-order valence-electron chi connectivity index (χ2n) is 6.25. The van der Waals surface area contributed by atoms with Crippen molar-refractivity contribution in [2.24, 2.45) is 5.73 Å². The molecule has 1 aliphatic heterocycles. The third-order valence-corrected chi connectivity index (χ3v) is 5.27. The van der Waals surface area contributed by atoms with Crippen molar-refractivity contribution in [1.29, 1.82) is 0 Å². The topological polar surface area (TPSA) is 125 Å². The maximum Gasteiger partial charge on any atom is 0.407 e. The van der Waals surface area contributed by atoms with Crippen LogP contribution in [0.3, 0.4) is 0 Å². The zero-order valence-corrected chi connectivity index (χ0v) is 17.2. The predicted octanol–water partition coefficient (Wildman–Crippen LogP) is 2.77. The molecule has 0 aliphatic carbocycles. The van der Waals surface area contributed by atoms with E-state index in [4.69, 9.17) is 22.4 Å². The van der Waals surface area contributed by atoms with Crippen molar-refractivity contribution in [3.63, 3.8) is 0 Å². The van der Waals surface area contributed by atoms with Gasteiger partial charge in [-0.2, -0.15) is 0 Å². The Balaban J connectivity index is 1.89. The molecular weight excluding hydrogens is 442 g/mol. The largest absolute Gasteiger partial charge is 0.465 e. The first-order valence-electron chi connectivity index (χ1n) is 8.61. The van der Waals surface area contributed by atoms with Crippen LogP contribution in [-0.2, 0) is 0 Å². The Labute approximate surface area is 179 Å². The van der Waals surface area contributed by atoms with E-state index >= 15 is 0 Å². The summed E-state index contributed by atoms with van der Waals surface area (Å²) in [6.45, 7) is 0.796. The number of nitrogens with zero attached hydrogens (tertiary/aromatic N) is 4. The molecule has 3 rings (SSSR count). The molecule has 1 aliphatic rings. The molecule has 0 spiro atoms. The quantitative estimate of drug-likeness (QED) is 0.355. The molecule has 2 heterocycles. The smallest absolute Gasteiger partial charge is 0.407 e. The van der Waals surface area contributed by atoms with Crippen LogP contribution in [0.4, 0.5) is 30.8 Å². The number of nitrogens with one attached hydrogen (secondary N) is 1. The minimum absolute atomic E-state index is 0.00346. The maximum absolute atomic E-state index is 14.7. The summed E-state index contributed by atoms with van der Waals surface area (Å²) in [4.78, 5) is 33.4. The van der Waals surface area contributed by atoms with Gasteiger partial charge in [0, 0.05) is 38.3 Å². The summed E-state index contributed by atoms with van der Waals surface area (Å²) >= 11 is 7.12. The van der Waals surface area contributed by atoms with Crippen molar-refractivity contribution in [1.82, 2.24) is 14.9 Å². The van der Waals surface area contributed by atoms with Crippen molar-refractivity contribution >= 4 is 52.6 Å². The highest BCUT2D eigenvalue weighted by atomic mass is 35.5. The summed E-state index contributed by atoms with van der Waals surface area (Å²) in [6.07, 6.45) is 0.623. The van der Waals surface area contributed by atoms with Gasteiger partial charge in [-0.15, -0.1) is 0 Å². The molecule has 1 aromatic carbocycles. The fourth-order valence-corrected chi connectivity index (χ4v) is 3.63. The van der Waals surface area contributed by atoms with E-state index in [2.05, 4.69) is 15.3 Å². The fraction of sp³-hybridized carbons (Fsp3) is 0.294. The molecule has 0 saturated carbocycles. The first kappa shape index (κ1) is 21.8. The standard InChI is InChI=1S/C17H17ClF2N6O3S/c1-30-16-23-13(18)12(14(21)27)15(24-16)22-10-6-9(20)11(7-8(10)19)25-2-4-26(5-3-25)17(28)29/h6-7H,2-5H2,1H3,(H2,21,27)(H,28,29)(H,22,23,24). The van der Waals surface area contributed by atoms with Gasteiger partial charge in [-0.05, 0) is 6.26 Å². The number of carbonyl (C=O) groups excluding carboxylic acids is 1. The number of nitrogens with two attached hydrogens (primary N) is 1. The molecule has 1 fully saturated rings. The second kappa shape index (κ2) is 8.88. The van der Waals surface area contributed by atoms with Gasteiger partial charge in [-0.25, -0.2) is 23.5 Å². The molecule has 30 heavy (non-hydrogen) atoms. The number of primary amides is 1. The van der Waals surface area contributed by atoms with Crippen LogP contribution in [0, 0.1) is 11.6 Å². The first-order chi connectivity index (χ1) is 14.2.